The van der Waals surface area contributed by atoms with Crippen molar-refractivity contribution in [2.24, 2.45) is 0 Å². The first kappa shape index (κ1) is 28.4. The summed E-state index contributed by atoms with van der Waals surface area (Å²) in [6, 6.07) is -0.834. The smallest absolute Gasteiger partial charge is 0.459 e. The van der Waals surface area contributed by atoms with Crippen LogP contribution in [0.15, 0.2) is 36.6 Å². The van der Waals surface area contributed by atoms with Crippen LogP contribution in [0.3, 0.4) is 0 Å². The van der Waals surface area contributed by atoms with Crippen molar-refractivity contribution in [2.45, 2.75) is 67.5 Å². The Morgan fingerprint density at radius 3 is 2.04 bits per heavy atom. The van der Waals surface area contributed by atoms with Gasteiger partial charge in [-0.15, -0.1) is 0 Å². The summed E-state index contributed by atoms with van der Waals surface area (Å²) >= 11 is 0. The standard InChI is InChI=1S/C14H24NO5P.2C2H6/c1-7-9-10-13(8-2)20-21(17,18-6)15-12(5)14(16)19-11(3)4;2*1-2/h7-12H,1H2,2-6H3,(H,15,17);2*1-2H3/b10-9-,13-8+;;/t12?,21-;;/m0../s1. The number of allylic oxidation sites excluding steroid dienone is 4. The van der Waals surface area contributed by atoms with Crippen LogP contribution >= 0.6 is 7.75 Å². The van der Waals surface area contributed by atoms with Crippen LogP contribution in [0.5, 0.6) is 0 Å². The van der Waals surface area contributed by atoms with Gasteiger partial charge in [-0.05, 0) is 39.8 Å². The van der Waals surface area contributed by atoms with Gasteiger partial charge in [0.25, 0.3) is 0 Å². The Labute approximate surface area is 153 Å². The van der Waals surface area contributed by atoms with Crippen molar-refractivity contribution in [1.29, 1.82) is 0 Å². The van der Waals surface area contributed by atoms with Crippen molar-refractivity contribution in [3.8, 4) is 0 Å². The molecule has 0 aliphatic rings. The van der Waals surface area contributed by atoms with Crippen LogP contribution in [0, 0.1) is 0 Å². The number of hydrogen-bond donors (Lipinski definition) is 1. The molecule has 0 radical (unpaired) electrons. The predicted molar refractivity (Wildman–Crippen MR) is 105 cm³/mol. The molecule has 0 aromatic carbocycles. The number of esters is 1. The Morgan fingerprint density at radius 1 is 1.16 bits per heavy atom. The van der Waals surface area contributed by atoms with Gasteiger partial charge < -0.3 is 9.26 Å². The average Bonchev–Trinajstić information content (AvgIpc) is 2.61. The van der Waals surface area contributed by atoms with Gasteiger partial charge in [-0.3, -0.25) is 9.32 Å². The third-order valence-corrected chi connectivity index (χ3v) is 3.84. The minimum absolute atomic E-state index is 0.258. The second-order valence-corrected chi connectivity index (χ2v) is 6.19. The van der Waals surface area contributed by atoms with Gasteiger partial charge in [-0.25, -0.2) is 4.57 Å². The van der Waals surface area contributed by atoms with Gasteiger partial charge in [0.1, 0.15) is 11.8 Å². The molecule has 148 valence electrons. The SMILES string of the molecule is C=C/C=C\C(=C/C)O[P@](=O)(NC(C)C(=O)OC(C)C)OC.CC.CC. The molecule has 0 rings (SSSR count). The zero-order chi connectivity index (χ0) is 20.5. The highest BCUT2D eigenvalue weighted by Crippen LogP contribution is 2.45. The van der Waals surface area contributed by atoms with E-state index in [0.717, 1.165) is 0 Å². The number of rotatable bonds is 9. The Balaban J connectivity index is -0.00000112. The maximum atomic E-state index is 12.5. The molecule has 0 saturated heterocycles. The Bertz CT molecular complexity index is 458. The Morgan fingerprint density at radius 2 is 1.68 bits per heavy atom. The fraction of sp³-hybridized carbons (Fsp3) is 0.611. The Hall–Kier alpha value is -1.36. The normalized spacial score (nSPS) is 14.4. The van der Waals surface area contributed by atoms with Gasteiger partial charge in [0, 0.05) is 7.11 Å². The van der Waals surface area contributed by atoms with E-state index in [1.54, 1.807) is 45.1 Å². The first-order valence-electron chi connectivity index (χ1n) is 8.57. The van der Waals surface area contributed by atoms with Crippen LogP contribution in [0.1, 0.15) is 55.4 Å². The molecule has 7 heteroatoms. The topological polar surface area (TPSA) is 73.9 Å². The number of ether oxygens (including phenoxy) is 1. The molecular weight excluding hydrogens is 341 g/mol. The van der Waals surface area contributed by atoms with Crippen LogP contribution < -0.4 is 5.09 Å². The van der Waals surface area contributed by atoms with Gasteiger partial charge >= 0.3 is 13.7 Å². The lowest BCUT2D eigenvalue weighted by Gasteiger charge is -2.22. The van der Waals surface area contributed by atoms with Crippen LogP contribution in [-0.4, -0.2) is 25.2 Å². The van der Waals surface area contributed by atoms with Crippen molar-refractivity contribution >= 4 is 13.7 Å². The van der Waals surface area contributed by atoms with Crippen LogP contribution in [-0.2, 0) is 23.1 Å². The lowest BCUT2D eigenvalue weighted by atomic mass is 10.4. The average molecular weight is 377 g/mol. The minimum atomic E-state index is -3.67. The molecule has 25 heavy (non-hydrogen) atoms. The molecule has 0 heterocycles. The fourth-order valence-corrected chi connectivity index (χ4v) is 2.48. The molecule has 0 aliphatic carbocycles. The van der Waals surface area contributed by atoms with E-state index in [4.69, 9.17) is 13.8 Å². The quantitative estimate of drug-likeness (QED) is 0.251. The molecule has 0 aromatic heterocycles. The second-order valence-electron chi connectivity index (χ2n) is 4.39. The van der Waals surface area contributed by atoms with Gasteiger partial charge in [-0.2, -0.15) is 5.09 Å². The summed E-state index contributed by atoms with van der Waals surface area (Å²) in [5.41, 5.74) is 0. The molecule has 0 fully saturated rings. The predicted octanol–water partition coefficient (Wildman–Crippen LogP) is 5.39. The van der Waals surface area contributed by atoms with E-state index in [9.17, 15) is 9.36 Å². The van der Waals surface area contributed by atoms with E-state index in [0.29, 0.717) is 5.76 Å². The minimum Gasteiger partial charge on any atom is -0.462 e. The maximum Gasteiger partial charge on any atom is 0.459 e. The van der Waals surface area contributed by atoms with Crippen LogP contribution in [0.4, 0.5) is 0 Å². The zero-order valence-electron chi connectivity index (χ0n) is 17.2. The highest BCUT2D eigenvalue weighted by Gasteiger charge is 2.31. The van der Waals surface area contributed by atoms with E-state index in [2.05, 4.69) is 11.7 Å². The molecule has 6 nitrogen and oxygen atoms in total. The number of hydrogen-bond acceptors (Lipinski definition) is 5. The molecule has 0 saturated carbocycles. The van der Waals surface area contributed by atoms with E-state index in [1.807, 2.05) is 27.7 Å². The summed E-state index contributed by atoms with van der Waals surface area (Å²) in [5, 5.41) is 2.53. The second kappa shape index (κ2) is 17.5. The van der Waals surface area contributed by atoms with Crippen LogP contribution in [0.2, 0.25) is 0 Å². The van der Waals surface area contributed by atoms with Gasteiger partial charge in [-0.1, -0.05) is 46.4 Å². The first-order chi connectivity index (χ1) is 11.8. The molecule has 2 atom stereocenters. The van der Waals surface area contributed by atoms with Crippen LogP contribution in [0.25, 0.3) is 0 Å². The summed E-state index contributed by atoms with van der Waals surface area (Å²) < 4.78 is 27.7. The van der Waals surface area contributed by atoms with E-state index in [1.165, 1.54) is 14.0 Å². The van der Waals surface area contributed by atoms with Gasteiger partial charge in [0.2, 0.25) is 0 Å². The van der Waals surface area contributed by atoms with Crippen molar-refractivity contribution in [1.82, 2.24) is 5.09 Å². The van der Waals surface area contributed by atoms with E-state index in [-0.39, 0.29) is 6.10 Å². The van der Waals surface area contributed by atoms with Crippen molar-refractivity contribution in [3.05, 3.63) is 36.6 Å². The largest absolute Gasteiger partial charge is 0.462 e. The summed E-state index contributed by atoms with van der Waals surface area (Å²) in [6.45, 7) is 18.2. The summed E-state index contributed by atoms with van der Waals surface area (Å²) in [5.74, 6) is -0.202. The molecular formula is C18H36NO5P. The number of carbonyl (C=O) groups is 1. The zero-order valence-corrected chi connectivity index (χ0v) is 18.1. The third-order valence-electron chi connectivity index (χ3n) is 2.20. The van der Waals surface area contributed by atoms with Crippen molar-refractivity contribution < 1.29 is 23.1 Å². The summed E-state index contributed by atoms with van der Waals surface area (Å²) in [7, 11) is -2.44. The van der Waals surface area contributed by atoms with E-state index >= 15 is 0 Å². The summed E-state index contributed by atoms with van der Waals surface area (Å²) in [6.07, 6.45) is 6.13. The first-order valence-corrected chi connectivity index (χ1v) is 10.1. The molecule has 1 unspecified atom stereocenters. The molecule has 0 aromatic rings. The van der Waals surface area contributed by atoms with Crippen molar-refractivity contribution in [2.75, 3.05) is 7.11 Å². The summed E-state index contributed by atoms with van der Waals surface area (Å²) in [4.78, 5) is 11.7. The lowest BCUT2D eigenvalue weighted by Crippen LogP contribution is -2.35. The number of nitrogens with one attached hydrogen (secondary N) is 1. The highest BCUT2D eigenvalue weighted by atomic mass is 31.2. The third kappa shape index (κ3) is 14.7. The Kier molecular flexibility index (Phi) is 19.9. The monoisotopic (exact) mass is 377 g/mol. The number of carbonyl (C=O) groups excluding carboxylic acids is 1. The van der Waals surface area contributed by atoms with Gasteiger partial charge in [0.05, 0.1) is 6.10 Å². The van der Waals surface area contributed by atoms with Crippen molar-refractivity contribution in [3.63, 3.8) is 0 Å². The van der Waals surface area contributed by atoms with Gasteiger partial charge in [0.15, 0.2) is 0 Å². The molecule has 0 bridgehead atoms. The molecule has 0 amide bonds. The molecule has 0 aliphatic heterocycles. The molecule has 1 N–H and O–H groups in total. The lowest BCUT2D eigenvalue weighted by molar-refractivity contribution is -0.149. The fourth-order valence-electron chi connectivity index (χ4n) is 1.22. The van der Waals surface area contributed by atoms with E-state index < -0.39 is 19.8 Å². The maximum absolute atomic E-state index is 12.5. The molecule has 0 spiro atoms. The highest BCUT2D eigenvalue weighted by molar-refractivity contribution is 7.51.